The van der Waals surface area contributed by atoms with Crippen molar-refractivity contribution in [3.63, 3.8) is 0 Å². The van der Waals surface area contributed by atoms with Crippen molar-refractivity contribution in [1.82, 2.24) is 25.1 Å². The van der Waals surface area contributed by atoms with Crippen LogP contribution in [-0.2, 0) is 12.7 Å². The molecular weight excluding hydrogens is 433 g/mol. The monoisotopic (exact) mass is 460 g/mol. The number of piperidine rings is 1. The number of nitrogens with one attached hydrogen (secondary N) is 1. The minimum Gasteiger partial charge on any atom is -0.335 e. The number of nitrogens with zero attached hydrogens (tertiary/aromatic N) is 5. The zero-order chi connectivity index (χ0) is 23.0. The number of benzene rings is 1. The number of hydrogen-bond donors (Lipinski definition) is 1. The number of fused-ring (bicyclic) bond motifs is 2. The smallest absolute Gasteiger partial charge is 0.335 e. The topological polar surface area (TPSA) is 64.6 Å². The molecule has 3 aliphatic rings. The minimum atomic E-state index is -4.45. The molecule has 0 aliphatic carbocycles. The second-order valence-corrected chi connectivity index (χ2v) is 9.10. The van der Waals surface area contributed by atoms with Crippen molar-refractivity contribution in [3.8, 4) is 0 Å². The van der Waals surface area contributed by atoms with Crippen molar-refractivity contribution in [2.45, 2.75) is 50.1 Å². The number of carbonyl (C=O) groups is 1. The van der Waals surface area contributed by atoms with Gasteiger partial charge in [0.2, 0.25) is 5.95 Å². The average molecular weight is 461 g/mol. The van der Waals surface area contributed by atoms with E-state index in [4.69, 9.17) is 0 Å². The van der Waals surface area contributed by atoms with E-state index < -0.39 is 11.7 Å². The first-order valence-corrected chi connectivity index (χ1v) is 11.4. The first-order chi connectivity index (χ1) is 15.9. The van der Waals surface area contributed by atoms with Gasteiger partial charge >= 0.3 is 12.2 Å². The molecule has 2 atom stereocenters. The molecule has 2 bridgehead atoms. The number of aromatic nitrogens is 2. The largest absolute Gasteiger partial charge is 0.419 e. The zero-order valence-electron chi connectivity index (χ0n) is 18.2. The van der Waals surface area contributed by atoms with Gasteiger partial charge in [-0.25, -0.2) is 14.8 Å². The van der Waals surface area contributed by atoms with Crippen LogP contribution < -0.4 is 10.2 Å². The van der Waals surface area contributed by atoms with Crippen molar-refractivity contribution in [2.75, 3.05) is 31.1 Å². The lowest BCUT2D eigenvalue weighted by atomic mass is 10.0. The van der Waals surface area contributed by atoms with Crippen molar-refractivity contribution in [3.05, 3.63) is 53.9 Å². The molecule has 0 unspecified atom stereocenters. The van der Waals surface area contributed by atoms with Gasteiger partial charge in [-0.3, -0.25) is 4.90 Å². The number of carbonyl (C=O) groups excluding carboxylic acids is 1. The van der Waals surface area contributed by atoms with Gasteiger partial charge in [0.1, 0.15) is 0 Å². The summed E-state index contributed by atoms with van der Waals surface area (Å²) in [6.07, 6.45) is -0.174. The van der Waals surface area contributed by atoms with Gasteiger partial charge in [-0.1, -0.05) is 30.3 Å². The molecular formula is C23H27F3N6O. The summed E-state index contributed by atoms with van der Waals surface area (Å²) in [5, 5.41) is 3.19. The molecule has 176 valence electrons. The number of urea groups is 1. The number of alkyl halides is 3. The number of likely N-dealkylation sites (tertiary alicyclic amines) is 2. The van der Waals surface area contributed by atoms with E-state index in [1.165, 1.54) is 5.56 Å². The molecule has 10 heteroatoms. The van der Waals surface area contributed by atoms with Gasteiger partial charge < -0.3 is 15.1 Å². The van der Waals surface area contributed by atoms with Crippen LogP contribution in [0.25, 0.3) is 0 Å². The van der Waals surface area contributed by atoms with E-state index in [9.17, 15) is 18.0 Å². The van der Waals surface area contributed by atoms with Gasteiger partial charge in [0.05, 0.1) is 17.6 Å². The van der Waals surface area contributed by atoms with E-state index in [0.29, 0.717) is 19.0 Å². The maximum Gasteiger partial charge on any atom is 0.419 e. The molecule has 33 heavy (non-hydrogen) atoms. The Balaban J connectivity index is 1.10. The predicted octanol–water partition coefficient (Wildman–Crippen LogP) is 3.13. The van der Waals surface area contributed by atoms with Crippen LogP contribution in [-0.4, -0.2) is 70.1 Å². The fourth-order valence-corrected chi connectivity index (χ4v) is 5.11. The minimum absolute atomic E-state index is 0.0269. The maximum atomic E-state index is 12.9. The Kier molecular flexibility index (Phi) is 5.86. The molecule has 3 saturated heterocycles. The molecule has 0 spiro atoms. The number of halogens is 3. The van der Waals surface area contributed by atoms with Crippen LogP contribution in [0.4, 0.5) is 23.9 Å². The van der Waals surface area contributed by atoms with Crippen molar-refractivity contribution in [1.29, 1.82) is 0 Å². The van der Waals surface area contributed by atoms with Crippen molar-refractivity contribution >= 4 is 12.0 Å². The summed E-state index contributed by atoms with van der Waals surface area (Å²) < 4.78 is 38.3. The fourth-order valence-electron chi connectivity index (χ4n) is 5.11. The molecule has 3 aliphatic heterocycles. The van der Waals surface area contributed by atoms with Crippen LogP contribution in [0.3, 0.4) is 0 Å². The molecule has 3 fully saturated rings. The fraction of sp³-hybridized carbons (Fsp3) is 0.522. The van der Waals surface area contributed by atoms with Gasteiger partial charge in [-0.2, -0.15) is 13.2 Å². The van der Waals surface area contributed by atoms with E-state index in [2.05, 4.69) is 44.5 Å². The van der Waals surface area contributed by atoms with E-state index >= 15 is 0 Å². The summed E-state index contributed by atoms with van der Waals surface area (Å²) in [4.78, 5) is 26.9. The Bertz CT molecular complexity index is 962. The van der Waals surface area contributed by atoms with Crippen molar-refractivity contribution in [2.24, 2.45) is 0 Å². The summed E-state index contributed by atoms with van der Waals surface area (Å²) in [5.74, 6) is 0.293. The number of piperazine rings is 1. The molecule has 0 radical (unpaired) electrons. The highest BCUT2D eigenvalue weighted by atomic mass is 19.4. The zero-order valence-corrected chi connectivity index (χ0v) is 18.2. The summed E-state index contributed by atoms with van der Waals surface area (Å²) in [5.41, 5.74) is 0.445. The number of rotatable bonds is 4. The summed E-state index contributed by atoms with van der Waals surface area (Å²) in [6, 6.07) is 10.6. The molecule has 4 heterocycles. The maximum absolute atomic E-state index is 12.9. The quantitative estimate of drug-likeness (QED) is 0.760. The van der Waals surface area contributed by atoms with Gasteiger partial charge in [0.15, 0.2) is 0 Å². The number of anilines is 1. The average Bonchev–Trinajstić information content (AvgIpc) is 3.42. The summed E-state index contributed by atoms with van der Waals surface area (Å²) >= 11 is 0. The van der Waals surface area contributed by atoms with Crippen LogP contribution >= 0.6 is 0 Å². The highest BCUT2D eigenvalue weighted by Gasteiger charge is 2.46. The van der Waals surface area contributed by atoms with Crippen molar-refractivity contribution < 1.29 is 18.0 Å². The first-order valence-electron chi connectivity index (χ1n) is 11.4. The number of amides is 2. The molecule has 2 aromatic rings. The summed E-state index contributed by atoms with van der Waals surface area (Å²) in [6.45, 7) is 3.90. The molecule has 1 aromatic heterocycles. The van der Waals surface area contributed by atoms with Gasteiger partial charge in [0.25, 0.3) is 0 Å². The SMILES string of the molecule is O=C(NC1CCN(Cc2ccccc2)CC1)N1C[C@@H]2C[C@H]1CN2c1ncc(C(F)(F)F)cn1. The lowest BCUT2D eigenvalue weighted by Crippen LogP contribution is -2.55. The van der Waals surface area contributed by atoms with E-state index in [-0.39, 0.29) is 24.2 Å². The molecule has 5 rings (SSSR count). The Hall–Kier alpha value is -2.88. The highest BCUT2D eigenvalue weighted by Crippen LogP contribution is 2.34. The Morgan fingerprint density at radius 1 is 1.03 bits per heavy atom. The van der Waals surface area contributed by atoms with E-state index in [1.54, 1.807) is 0 Å². The van der Waals surface area contributed by atoms with E-state index in [0.717, 1.165) is 51.3 Å². The standard InChI is InChI=1S/C23H27F3N6O/c24-23(25,26)17-11-27-21(28-12-17)31-14-20-10-19(31)15-32(20)22(33)29-18-6-8-30(9-7-18)13-16-4-2-1-3-5-16/h1-5,11-12,18-20H,6-10,13-15H2,(H,29,33)/t19-,20-/m0/s1. The first kappa shape index (κ1) is 21.9. The Morgan fingerprint density at radius 2 is 1.73 bits per heavy atom. The molecule has 7 nitrogen and oxygen atoms in total. The third-order valence-electron chi connectivity index (χ3n) is 6.89. The third-order valence-corrected chi connectivity index (χ3v) is 6.89. The molecule has 0 saturated carbocycles. The second kappa shape index (κ2) is 8.81. The van der Waals surface area contributed by atoms with Crippen LogP contribution in [0, 0.1) is 0 Å². The Morgan fingerprint density at radius 3 is 2.33 bits per heavy atom. The lowest BCUT2D eigenvalue weighted by Gasteiger charge is -2.37. The van der Waals surface area contributed by atoms with Crippen LogP contribution in [0.1, 0.15) is 30.4 Å². The lowest BCUT2D eigenvalue weighted by molar-refractivity contribution is -0.138. The van der Waals surface area contributed by atoms with Gasteiger partial charge in [-0.05, 0) is 24.8 Å². The van der Waals surface area contributed by atoms with Crippen LogP contribution in [0.15, 0.2) is 42.7 Å². The van der Waals surface area contributed by atoms with Crippen LogP contribution in [0.2, 0.25) is 0 Å². The summed E-state index contributed by atoms with van der Waals surface area (Å²) in [7, 11) is 0. The predicted molar refractivity (Wildman–Crippen MR) is 117 cm³/mol. The van der Waals surface area contributed by atoms with Gasteiger partial charge in [-0.15, -0.1) is 0 Å². The highest BCUT2D eigenvalue weighted by molar-refractivity contribution is 5.76. The van der Waals surface area contributed by atoms with Gasteiger partial charge in [0, 0.05) is 51.2 Å². The third kappa shape index (κ3) is 4.75. The second-order valence-electron chi connectivity index (χ2n) is 9.10. The normalized spacial score (nSPS) is 23.8. The molecule has 1 aromatic carbocycles. The van der Waals surface area contributed by atoms with E-state index in [1.807, 2.05) is 15.9 Å². The molecule has 1 N–H and O–H groups in total. The number of hydrogen-bond acceptors (Lipinski definition) is 5. The Labute approximate surface area is 190 Å². The van der Waals surface area contributed by atoms with Crippen LogP contribution in [0.5, 0.6) is 0 Å². The molecule has 2 amide bonds.